The predicted octanol–water partition coefficient (Wildman–Crippen LogP) is 1.53. The highest BCUT2D eigenvalue weighted by Crippen LogP contribution is 2.25. The molecule has 0 bridgehead atoms. The first-order chi connectivity index (χ1) is 8.56. The van der Waals surface area contributed by atoms with Crippen LogP contribution in [-0.2, 0) is 11.3 Å². The lowest BCUT2D eigenvalue weighted by Crippen LogP contribution is -2.16. The van der Waals surface area contributed by atoms with Crippen LogP contribution in [-0.4, -0.2) is 17.6 Å². The number of hydrogen-bond donors (Lipinski definition) is 1. The van der Waals surface area contributed by atoms with E-state index >= 15 is 0 Å². The molecule has 0 amide bonds. The summed E-state index contributed by atoms with van der Waals surface area (Å²) in [6.07, 6.45) is -1.88. The van der Waals surface area contributed by atoms with Gasteiger partial charge in [-0.15, -0.1) is 0 Å². The summed E-state index contributed by atoms with van der Waals surface area (Å²) in [5.74, 6) is -0.848. The van der Waals surface area contributed by atoms with E-state index in [0.717, 1.165) is 6.20 Å². The van der Waals surface area contributed by atoms with Gasteiger partial charge in [-0.3, -0.25) is 4.98 Å². The SMILES string of the molecule is CCOC(=O)c1c(CN)cnc(C(F)F)c1C#N. The fourth-order valence-electron chi connectivity index (χ4n) is 1.44. The zero-order valence-corrected chi connectivity index (χ0v) is 9.61. The molecule has 5 nitrogen and oxygen atoms in total. The van der Waals surface area contributed by atoms with E-state index in [1.807, 2.05) is 0 Å². The van der Waals surface area contributed by atoms with Gasteiger partial charge in [-0.1, -0.05) is 0 Å². The molecule has 1 heterocycles. The molecule has 7 heteroatoms. The summed E-state index contributed by atoms with van der Waals surface area (Å²) in [4.78, 5) is 15.1. The highest BCUT2D eigenvalue weighted by atomic mass is 19.3. The van der Waals surface area contributed by atoms with Gasteiger partial charge in [0.25, 0.3) is 6.43 Å². The van der Waals surface area contributed by atoms with Crippen LogP contribution in [0.25, 0.3) is 0 Å². The van der Waals surface area contributed by atoms with E-state index in [0.29, 0.717) is 0 Å². The lowest BCUT2D eigenvalue weighted by molar-refractivity contribution is 0.0524. The molecule has 2 N–H and O–H groups in total. The molecule has 0 aliphatic rings. The number of esters is 1. The molecule has 0 fully saturated rings. The minimum Gasteiger partial charge on any atom is -0.462 e. The first-order valence-corrected chi connectivity index (χ1v) is 5.14. The van der Waals surface area contributed by atoms with Crippen LogP contribution in [0, 0.1) is 11.3 Å². The Balaban J connectivity index is 3.48. The molecule has 0 unspecified atom stereocenters. The van der Waals surface area contributed by atoms with E-state index < -0.39 is 23.7 Å². The number of nitriles is 1. The fourth-order valence-corrected chi connectivity index (χ4v) is 1.44. The Morgan fingerprint density at radius 1 is 1.67 bits per heavy atom. The van der Waals surface area contributed by atoms with Crippen LogP contribution >= 0.6 is 0 Å². The molecule has 1 aromatic rings. The number of ether oxygens (including phenoxy) is 1. The van der Waals surface area contributed by atoms with Crippen molar-refractivity contribution in [2.75, 3.05) is 6.61 Å². The van der Waals surface area contributed by atoms with Gasteiger partial charge in [0.2, 0.25) is 0 Å². The van der Waals surface area contributed by atoms with Gasteiger partial charge in [0, 0.05) is 12.7 Å². The molecule has 0 aliphatic carbocycles. The first-order valence-electron chi connectivity index (χ1n) is 5.14. The first kappa shape index (κ1) is 14.0. The summed E-state index contributed by atoms with van der Waals surface area (Å²) >= 11 is 0. The van der Waals surface area contributed by atoms with Gasteiger partial charge in [0.15, 0.2) is 0 Å². The molecule has 0 atom stereocenters. The standard InChI is InChI=1S/C11H11F2N3O2/c1-2-18-11(17)8-6(3-14)5-16-9(10(12)13)7(8)4-15/h5,10H,2-3,14H2,1H3. The highest BCUT2D eigenvalue weighted by Gasteiger charge is 2.25. The quantitative estimate of drug-likeness (QED) is 0.824. The van der Waals surface area contributed by atoms with Gasteiger partial charge in [0.05, 0.1) is 17.7 Å². The molecule has 0 aromatic carbocycles. The zero-order chi connectivity index (χ0) is 13.7. The number of nitrogens with zero attached hydrogens (tertiary/aromatic N) is 2. The van der Waals surface area contributed by atoms with Gasteiger partial charge >= 0.3 is 5.97 Å². The Labute approximate surface area is 102 Å². The summed E-state index contributed by atoms with van der Waals surface area (Å²) in [5, 5.41) is 8.91. The smallest absolute Gasteiger partial charge is 0.339 e. The van der Waals surface area contributed by atoms with E-state index in [9.17, 15) is 13.6 Å². The third-order valence-corrected chi connectivity index (χ3v) is 2.20. The van der Waals surface area contributed by atoms with Crippen molar-refractivity contribution in [3.8, 4) is 6.07 Å². The van der Waals surface area contributed by atoms with E-state index in [4.69, 9.17) is 15.7 Å². The molecule has 0 radical (unpaired) electrons. The van der Waals surface area contributed by atoms with Crippen molar-refractivity contribution in [2.45, 2.75) is 19.9 Å². The normalized spacial score (nSPS) is 10.2. The Kier molecular flexibility index (Phi) is 4.68. The van der Waals surface area contributed by atoms with E-state index in [-0.39, 0.29) is 24.3 Å². The Hall–Kier alpha value is -2.07. The van der Waals surface area contributed by atoms with Crippen LogP contribution in [0.5, 0.6) is 0 Å². The van der Waals surface area contributed by atoms with E-state index in [1.165, 1.54) is 0 Å². The van der Waals surface area contributed by atoms with Gasteiger partial charge in [-0.05, 0) is 12.5 Å². The topological polar surface area (TPSA) is 89.0 Å². The van der Waals surface area contributed by atoms with Crippen molar-refractivity contribution in [3.05, 3.63) is 28.6 Å². The van der Waals surface area contributed by atoms with E-state index in [1.54, 1.807) is 13.0 Å². The zero-order valence-electron chi connectivity index (χ0n) is 9.61. The van der Waals surface area contributed by atoms with Gasteiger partial charge in [-0.25, -0.2) is 13.6 Å². The van der Waals surface area contributed by atoms with Crippen molar-refractivity contribution in [2.24, 2.45) is 5.73 Å². The summed E-state index contributed by atoms with van der Waals surface area (Å²) in [5.41, 5.74) is 4.14. The molecular weight excluding hydrogens is 244 g/mol. The summed E-state index contributed by atoms with van der Waals surface area (Å²) < 4.78 is 30.1. The Morgan fingerprint density at radius 2 is 2.33 bits per heavy atom. The predicted molar refractivity (Wildman–Crippen MR) is 57.8 cm³/mol. The second-order valence-corrected chi connectivity index (χ2v) is 3.26. The maximum Gasteiger partial charge on any atom is 0.339 e. The van der Waals surface area contributed by atoms with Crippen molar-refractivity contribution in [1.82, 2.24) is 4.98 Å². The molecule has 96 valence electrons. The van der Waals surface area contributed by atoms with Crippen LogP contribution < -0.4 is 5.73 Å². The van der Waals surface area contributed by atoms with Crippen molar-refractivity contribution in [3.63, 3.8) is 0 Å². The number of pyridine rings is 1. The molecule has 1 rings (SSSR count). The average Bonchev–Trinajstić information content (AvgIpc) is 2.36. The van der Waals surface area contributed by atoms with Gasteiger partial charge in [0.1, 0.15) is 11.8 Å². The maximum absolute atomic E-state index is 12.7. The monoisotopic (exact) mass is 255 g/mol. The van der Waals surface area contributed by atoms with Crippen LogP contribution in [0.1, 0.15) is 40.5 Å². The van der Waals surface area contributed by atoms with Gasteiger partial charge in [-0.2, -0.15) is 5.26 Å². The highest BCUT2D eigenvalue weighted by molar-refractivity contribution is 5.94. The summed E-state index contributed by atoms with van der Waals surface area (Å²) in [6.45, 7) is 1.54. The second-order valence-electron chi connectivity index (χ2n) is 3.26. The van der Waals surface area contributed by atoms with Crippen LogP contribution in [0.15, 0.2) is 6.20 Å². The number of rotatable bonds is 4. The lowest BCUT2D eigenvalue weighted by atomic mass is 10.0. The number of halogens is 2. The summed E-state index contributed by atoms with van der Waals surface area (Å²) in [6, 6.07) is 1.56. The van der Waals surface area contributed by atoms with Crippen LogP contribution in [0.3, 0.4) is 0 Å². The van der Waals surface area contributed by atoms with Crippen LogP contribution in [0.2, 0.25) is 0 Å². The number of carbonyl (C=O) groups is 1. The second kappa shape index (κ2) is 6.02. The molecular formula is C11H11F2N3O2. The number of nitrogens with two attached hydrogens (primary N) is 1. The van der Waals surface area contributed by atoms with E-state index in [2.05, 4.69) is 4.98 Å². The Bertz CT molecular complexity index is 498. The fraction of sp³-hybridized carbons (Fsp3) is 0.364. The number of aromatic nitrogens is 1. The maximum atomic E-state index is 12.7. The third kappa shape index (κ3) is 2.60. The Morgan fingerprint density at radius 3 is 2.78 bits per heavy atom. The average molecular weight is 255 g/mol. The largest absolute Gasteiger partial charge is 0.462 e. The number of hydrogen-bond acceptors (Lipinski definition) is 5. The van der Waals surface area contributed by atoms with Gasteiger partial charge < -0.3 is 10.5 Å². The molecule has 0 saturated heterocycles. The van der Waals surface area contributed by atoms with Crippen molar-refractivity contribution in [1.29, 1.82) is 5.26 Å². The molecule has 0 aliphatic heterocycles. The van der Waals surface area contributed by atoms with Crippen molar-refractivity contribution < 1.29 is 18.3 Å². The van der Waals surface area contributed by atoms with Crippen LogP contribution in [0.4, 0.5) is 8.78 Å². The number of alkyl halides is 2. The lowest BCUT2D eigenvalue weighted by Gasteiger charge is -2.11. The van der Waals surface area contributed by atoms with Crippen molar-refractivity contribution >= 4 is 5.97 Å². The number of carbonyl (C=O) groups excluding carboxylic acids is 1. The molecule has 0 spiro atoms. The molecule has 1 aromatic heterocycles. The minimum absolute atomic E-state index is 0.0695. The molecule has 18 heavy (non-hydrogen) atoms. The summed E-state index contributed by atoms with van der Waals surface area (Å²) in [7, 11) is 0. The third-order valence-electron chi connectivity index (χ3n) is 2.20. The minimum atomic E-state index is -2.94. The molecule has 0 saturated carbocycles.